The molecule has 0 unspecified atom stereocenters. The molecule has 0 saturated carbocycles. The molecule has 104 valence electrons. The minimum atomic E-state index is -0.0649. The zero-order chi connectivity index (χ0) is 13.7. The van der Waals surface area contributed by atoms with Crippen LogP contribution >= 0.6 is 11.3 Å². The van der Waals surface area contributed by atoms with Crippen molar-refractivity contribution in [2.45, 2.75) is 32.6 Å². The number of aryl methyl sites for hydroxylation is 1. The van der Waals surface area contributed by atoms with E-state index in [4.69, 9.17) is 0 Å². The molecule has 0 aliphatic carbocycles. The lowest BCUT2D eigenvalue weighted by Gasteiger charge is -2.15. The van der Waals surface area contributed by atoms with Gasteiger partial charge in [0.05, 0.1) is 11.2 Å². The van der Waals surface area contributed by atoms with Crippen molar-refractivity contribution in [3.8, 4) is 0 Å². The van der Waals surface area contributed by atoms with Crippen LogP contribution in [0.5, 0.6) is 0 Å². The second-order valence-corrected chi connectivity index (χ2v) is 5.68. The van der Waals surface area contributed by atoms with Gasteiger partial charge in [-0.3, -0.25) is 9.59 Å². The Labute approximate surface area is 117 Å². The van der Waals surface area contributed by atoms with Crippen molar-refractivity contribution in [3.05, 3.63) is 16.1 Å². The molecule has 1 N–H and O–H groups in total. The number of aromatic nitrogens is 1. The van der Waals surface area contributed by atoms with Gasteiger partial charge in [0.15, 0.2) is 0 Å². The van der Waals surface area contributed by atoms with Crippen molar-refractivity contribution in [3.63, 3.8) is 0 Å². The van der Waals surface area contributed by atoms with Gasteiger partial charge in [-0.25, -0.2) is 4.98 Å². The Morgan fingerprint density at radius 1 is 1.58 bits per heavy atom. The average Bonchev–Trinajstić information content (AvgIpc) is 3.03. The van der Waals surface area contributed by atoms with E-state index in [1.807, 2.05) is 11.8 Å². The van der Waals surface area contributed by atoms with E-state index in [0.717, 1.165) is 37.4 Å². The molecule has 6 heteroatoms. The summed E-state index contributed by atoms with van der Waals surface area (Å²) in [7, 11) is 0. The highest BCUT2D eigenvalue weighted by atomic mass is 32.1. The molecule has 19 heavy (non-hydrogen) atoms. The highest BCUT2D eigenvalue weighted by Gasteiger charge is 2.19. The van der Waals surface area contributed by atoms with Gasteiger partial charge >= 0.3 is 0 Å². The summed E-state index contributed by atoms with van der Waals surface area (Å²) in [6.45, 7) is 4.22. The number of thiazole rings is 1. The summed E-state index contributed by atoms with van der Waals surface area (Å²) >= 11 is 1.44. The maximum atomic E-state index is 11.8. The van der Waals surface area contributed by atoms with Crippen LogP contribution in [0.1, 0.15) is 40.9 Å². The van der Waals surface area contributed by atoms with Gasteiger partial charge in [-0.15, -0.1) is 11.3 Å². The Morgan fingerprint density at radius 2 is 2.42 bits per heavy atom. The van der Waals surface area contributed by atoms with E-state index >= 15 is 0 Å². The van der Waals surface area contributed by atoms with E-state index < -0.39 is 0 Å². The van der Waals surface area contributed by atoms with Crippen LogP contribution in [0.3, 0.4) is 0 Å². The quantitative estimate of drug-likeness (QED) is 0.803. The summed E-state index contributed by atoms with van der Waals surface area (Å²) in [5.74, 6) is 0.173. The highest BCUT2D eigenvalue weighted by Crippen LogP contribution is 2.13. The van der Waals surface area contributed by atoms with Crippen LogP contribution in [-0.4, -0.2) is 41.3 Å². The van der Waals surface area contributed by atoms with Crippen LogP contribution < -0.4 is 5.32 Å². The van der Waals surface area contributed by atoms with Crippen LogP contribution in [0.15, 0.2) is 6.20 Å². The number of hydrogen-bond donors (Lipinski definition) is 1. The van der Waals surface area contributed by atoms with Gasteiger partial charge < -0.3 is 10.2 Å². The Bertz CT molecular complexity index is 458. The summed E-state index contributed by atoms with van der Waals surface area (Å²) in [5.41, 5.74) is 0. The summed E-state index contributed by atoms with van der Waals surface area (Å²) < 4.78 is 0. The van der Waals surface area contributed by atoms with Gasteiger partial charge in [-0.2, -0.15) is 0 Å². The molecule has 1 aromatic rings. The van der Waals surface area contributed by atoms with E-state index in [1.54, 1.807) is 6.20 Å². The van der Waals surface area contributed by atoms with E-state index in [9.17, 15) is 9.59 Å². The van der Waals surface area contributed by atoms with Gasteiger partial charge in [-0.05, 0) is 19.3 Å². The first-order chi connectivity index (χ1) is 9.20. The van der Waals surface area contributed by atoms with E-state index in [2.05, 4.69) is 10.3 Å². The molecular weight excluding hydrogens is 262 g/mol. The molecule has 0 aromatic carbocycles. The molecule has 1 aromatic heterocycles. The molecule has 2 amide bonds. The SMILES string of the molecule is CCc1ncc(C(=O)NCCCN2CCCC2=O)s1. The lowest BCUT2D eigenvalue weighted by molar-refractivity contribution is -0.127. The first kappa shape index (κ1) is 14.0. The summed E-state index contributed by atoms with van der Waals surface area (Å²) in [5, 5.41) is 3.85. The molecule has 0 atom stereocenters. The summed E-state index contributed by atoms with van der Waals surface area (Å²) in [6, 6.07) is 0. The molecule has 1 saturated heterocycles. The van der Waals surface area contributed by atoms with Gasteiger partial charge in [0.25, 0.3) is 5.91 Å². The van der Waals surface area contributed by atoms with Crippen molar-refractivity contribution >= 4 is 23.2 Å². The van der Waals surface area contributed by atoms with E-state index in [1.165, 1.54) is 11.3 Å². The monoisotopic (exact) mass is 281 g/mol. The van der Waals surface area contributed by atoms with Crippen LogP contribution in [0.2, 0.25) is 0 Å². The third kappa shape index (κ3) is 3.76. The third-order valence-electron chi connectivity index (χ3n) is 3.14. The number of hydrogen-bond acceptors (Lipinski definition) is 4. The van der Waals surface area contributed by atoms with Gasteiger partial charge in [0.1, 0.15) is 4.88 Å². The fourth-order valence-corrected chi connectivity index (χ4v) is 2.85. The molecule has 1 aliphatic rings. The number of nitrogens with zero attached hydrogens (tertiary/aromatic N) is 2. The maximum absolute atomic E-state index is 11.8. The predicted molar refractivity (Wildman–Crippen MR) is 74.3 cm³/mol. The average molecular weight is 281 g/mol. The van der Waals surface area contributed by atoms with Crippen molar-refractivity contribution in [2.24, 2.45) is 0 Å². The second-order valence-electron chi connectivity index (χ2n) is 4.57. The minimum absolute atomic E-state index is 0.0649. The Morgan fingerprint density at radius 3 is 3.05 bits per heavy atom. The van der Waals surface area contributed by atoms with Crippen molar-refractivity contribution < 1.29 is 9.59 Å². The molecule has 0 bridgehead atoms. The van der Waals surface area contributed by atoms with Crippen molar-refractivity contribution in [1.82, 2.24) is 15.2 Å². The maximum Gasteiger partial charge on any atom is 0.263 e. The fourth-order valence-electron chi connectivity index (χ4n) is 2.08. The number of rotatable bonds is 6. The zero-order valence-corrected chi connectivity index (χ0v) is 12.0. The number of amides is 2. The number of nitrogens with one attached hydrogen (secondary N) is 1. The largest absolute Gasteiger partial charge is 0.351 e. The standard InChI is InChI=1S/C13H19N3O2S/c1-2-11-15-9-10(19-11)13(18)14-6-4-8-16-7-3-5-12(16)17/h9H,2-8H2,1H3,(H,14,18). The molecule has 1 aliphatic heterocycles. The van der Waals surface area contributed by atoms with Crippen LogP contribution in [0.25, 0.3) is 0 Å². The Kier molecular flexibility index (Phi) is 4.90. The molecular formula is C13H19N3O2S. The van der Waals surface area contributed by atoms with E-state index in [-0.39, 0.29) is 11.8 Å². The predicted octanol–water partition coefficient (Wildman–Crippen LogP) is 1.45. The molecule has 2 rings (SSSR count). The minimum Gasteiger partial charge on any atom is -0.351 e. The summed E-state index contributed by atoms with van der Waals surface area (Å²) in [6.07, 6.45) is 4.92. The highest BCUT2D eigenvalue weighted by molar-refractivity contribution is 7.13. The van der Waals surface area contributed by atoms with Gasteiger partial charge in [-0.1, -0.05) is 6.92 Å². The van der Waals surface area contributed by atoms with Crippen LogP contribution in [0.4, 0.5) is 0 Å². The molecule has 0 radical (unpaired) electrons. The zero-order valence-electron chi connectivity index (χ0n) is 11.1. The van der Waals surface area contributed by atoms with Crippen LogP contribution in [-0.2, 0) is 11.2 Å². The molecule has 5 nitrogen and oxygen atoms in total. The Balaban J connectivity index is 1.67. The van der Waals surface area contributed by atoms with Gasteiger partial charge in [0, 0.05) is 26.1 Å². The van der Waals surface area contributed by atoms with E-state index in [0.29, 0.717) is 17.8 Å². The lowest BCUT2D eigenvalue weighted by Crippen LogP contribution is -2.30. The van der Waals surface area contributed by atoms with Crippen molar-refractivity contribution in [2.75, 3.05) is 19.6 Å². The fraction of sp³-hybridized carbons (Fsp3) is 0.615. The smallest absolute Gasteiger partial charge is 0.263 e. The molecule has 1 fully saturated rings. The third-order valence-corrected chi connectivity index (χ3v) is 4.28. The number of likely N-dealkylation sites (tertiary alicyclic amines) is 1. The summed E-state index contributed by atoms with van der Waals surface area (Å²) in [4.78, 5) is 29.9. The normalized spacial score (nSPS) is 15.0. The molecule has 0 spiro atoms. The first-order valence-electron chi connectivity index (χ1n) is 6.71. The molecule has 2 heterocycles. The Hall–Kier alpha value is -1.43. The second kappa shape index (κ2) is 6.65. The van der Waals surface area contributed by atoms with Gasteiger partial charge in [0.2, 0.25) is 5.91 Å². The van der Waals surface area contributed by atoms with Crippen LogP contribution in [0, 0.1) is 0 Å². The van der Waals surface area contributed by atoms with Crippen molar-refractivity contribution in [1.29, 1.82) is 0 Å². The number of carbonyl (C=O) groups is 2. The first-order valence-corrected chi connectivity index (χ1v) is 7.53. The number of carbonyl (C=O) groups excluding carboxylic acids is 2. The lowest BCUT2D eigenvalue weighted by atomic mass is 10.3. The topological polar surface area (TPSA) is 62.3 Å².